The van der Waals surface area contributed by atoms with E-state index in [2.05, 4.69) is 11.2 Å². The number of amides is 2. The van der Waals surface area contributed by atoms with Gasteiger partial charge in [-0.25, -0.2) is 14.0 Å². The highest BCUT2D eigenvalue weighted by atomic mass is 19.1. The van der Waals surface area contributed by atoms with Crippen molar-refractivity contribution in [1.82, 2.24) is 0 Å². The van der Waals surface area contributed by atoms with Crippen molar-refractivity contribution >= 4 is 23.6 Å². The van der Waals surface area contributed by atoms with Crippen molar-refractivity contribution in [3.63, 3.8) is 0 Å². The highest BCUT2D eigenvalue weighted by Gasteiger charge is 2.19. The van der Waals surface area contributed by atoms with Crippen molar-refractivity contribution in [3.05, 3.63) is 54.3 Å². The van der Waals surface area contributed by atoms with Crippen LogP contribution in [0, 0.1) is 18.2 Å². The van der Waals surface area contributed by atoms with E-state index in [4.69, 9.17) is 15.9 Å². The number of nitrogens with one attached hydrogen (secondary N) is 1. The average Bonchev–Trinajstić information content (AvgIpc) is 2.62. The SMILES string of the molecule is C#CCOC(=O)Nc1cccc(OC(=O)N(CC)c2ccccc2F)c1. The lowest BCUT2D eigenvalue weighted by Crippen LogP contribution is -2.34. The summed E-state index contributed by atoms with van der Waals surface area (Å²) in [4.78, 5) is 25.0. The van der Waals surface area contributed by atoms with E-state index in [1.165, 1.54) is 30.3 Å². The maximum atomic E-state index is 13.9. The number of benzene rings is 2. The molecule has 2 rings (SSSR count). The summed E-state index contributed by atoms with van der Waals surface area (Å²) in [5.74, 6) is 1.82. The van der Waals surface area contributed by atoms with Crippen molar-refractivity contribution in [2.24, 2.45) is 0 Å². The highest BCUT2D eigenvalue weighted by molar-refractivity contribution is 5.89. The molecule has 0 aliphatic carbocycles. The molecule has 0 aromatic heterocycles. The van der Waals surface area contributed by atoms with Crippen LogP contribution < -0.4 is 15.0 Å². The van der Waals surface area contributed by atoms with Gasteiger partial charge in [-0.05, 0) is 31.2 Å². The number of hydrogen-bond donors (Lipinski definition) is 1. The zero-order valence-electron chi connectivity index (χ0n) is 14.1. The number of terminal acetylenes is 1. The molecule has 0 aliphatic heterocycles. The fourth-order valence-electron chi connectivity index (χ4n) is 2.12. The third kappa shape index (κ3) is 4.98. The molecule has 7 heteroatoms. The van der Waals surface area contributed by atoms with Crippen LogP contribution in [0.5, 0.6) is 5.75 Å². The Kier molecular flexibility index (Phi) is 6.57. The molecule has 134 valence electrons. The molecule has 0 spiro atoms. The first-order chi connectivity index (χ1) is 12.5. The lowest BCUT2D eigenvalue weighted by Gasteiger charge is -2.20. The first-order valence-electron chi connectivity index (χ1n) is 7.76. The number of ether oxygens (including phenoxy) is 2. The molecule has 0 saturated carbocycles. The van der Waals surface area contributed by atoms with Crippen molar-refractivity contribution in [2.75, 3.05) is 23.4 Å². The monoisotopic (exact) mass is 356 g/mol. The van der Waals surface area contributed by atoms with Gasteiger partial charge in [-0.3, -0.25) is 10.2 Å². The lowest BCUT2D eigenvalue weighted by atomic mass is 10.3. The van der Waals surface area contributed by atoms with Gasteiger partial charge in [0.2, 0.25) is 0 Å². The number of nitrogens with zero attached hydrogens (tertiary/aromatic N) is 1. The van der Waals surface area contributed by atoms with E-state index in [0.29, 0.717) is 5.69 Å². The van der Waals surface area contributed by atoms with Gasteiger partial charge in [0.1, 0.15) is 11.6 Å². The number of para-hydroxylation sites is 1. The zero-order chi connectivity index (χ0) is 18.9. The second-order valence-electron chi connectivity index (χ2n) is 5.00. The van der Waals surface area contributed by atoms with Crippen LogP contribution in [-0.2, 0) is 4.74 Å². The number of hydrogen-bond acceptors (Lipinski definition) is 4. The molecule has 0 unspecified atom stereocenters. The van der Waals surface area contributed by atoms with Crippen molar-refractivity contribution in [2.45, 2.75) is 6.92 Å². The maximum Gasteiger partial charge on any atom is 0.419 e. The van der Waals surface area contributed by atoms with E-state index < -0.39 is 18.0 Å². The molecule has 0 saturated heterocycles. The molecule has 0 atom stereocenters. The maximum absolute atomic E-state index is 13.9. The lowest BCUT2D eigenvalue weighted by molar-refractivity contribution is 0.176. The first-order valence-corrected chi connectivity index (χ1v) is 7.76. The summed E-state index contributed by atoms with van der Waals surface area (Å²) in [7, 11) is 0. The van der Waals surface area contributed by atoms with Gasteiger partial charge in [-0.2, -0.15) is 0 Å². The molecule has 1 N–H and O–H groups in total. The van der Waals surface area contributed by atoms with E-state index in [9.17, 15) is 14.0 Å². The molecule has 6 nitrogen and oxygen atoms in total. The fraction of sp³-hybridized carbons (Fsp3) is 0.158. The summed E-state index contributed by atoms with van der Waals surface area (Å²) >= 11 is 0. The molecule has 2 aromatic carbocycles. The van der Waals surface area contributed by atoms with Gasteiger partial charge in [-0.15, -0.1) is 6.42 Å². The number of anilines is 2. The Morgan fingerprint density at radius 2 is 2.00 bits per heavy atom. The van der Waals surface area contributed by atoms with E-state index in [1.54, 1.807) is 25.1 Å². The Morgan fingerprint density at radius 3 is 2.69 bits per heavy atom. The normalized spacial score (nSPS) is 9.73. The Bertz CT molecular complexity index is 832. The smallest absolute Gasteiger partial charge is 0.419 e. The summed E-state index contributed by atoms with van der Waals surface area (Å²) in [6, 6.07) is 12.0. The van der Waals surface area contributed by atoms with Gasteiger partial charge in [0.25, 0.3) is 0 Å². The van der Waals surface area contributed by atoms with Crippen molar-refractivity contribution in [1.29, 1.82) is 0 Å². The fourth-order valence-corrected chi connectivity index (χ4v) is 2.12. The number of rotatable bonds is 5. The summed E-state index contributed by atoms with van der Waals surface area (Å²) < 4.78 is 23.9. The largest absolute Gasteiger partial charge is 0.436 e. The molecular weight excluding hydrogens is 339 g/mol. The van der Waals surface area contributed by atoms with Crippen LogP contribution >= 0.6 is 0 Å². The Hall–Kier alpha value is -3.53. The third-order valence-corrected chi connectivity index (χ3v) is 3.25. The standard InChI is InChI=1S/C19H17FN2O4/c1-3-12-25-18(23)21-14-8-7-9-15(13-14)26-19(24)22(4-2)17-11-6-5-10-16(17)20/h1,5-11,13H,4,12H2,2H3,(H,21,23). The predicted octanol–water partition coefficient (Wildman–Crippen LogP) is 4.03. The van der Waals surface area contributed by atoms with Crippen LogP contribution in [0.3, 0.4) is 0 Å². The van der Waals surface area contributed by atoms with Crippen LogP contribution in [0.2, 0.25) is 0 Å². The summed E-state index contributed by atoms with van der Waals surface area (Å²) in [5.41, 5.74) is 0.471. The van der Waals surface area contributed by atoms with Crippen molar-refractivity contribution in [3.8, 4) is 18.1 Å². The summed E-state index contributed by atoms with van der Waals surface area (Å²) in [6.07, 6.45) is 3.53. The molecule has 0 fully saturated rings. The van der Waals surface area contributed by atoms with Gasteiger partial charge < -0.3 is 9.47 Å². The molecule has 0 radical (unpaired) electrons. The van der Waals surface area contributed by atoms with Crippen LogP contribution in [0.15, 0.2) is 48.5 Å². The Labute approximate surface area is 150 Å². The van der Waals surface area contributed by atoms with Crippen LogP contribution in [0.25, 0.3) is 0 Å². The minimum Gasteiger partial charge on any atom is -0.436 e. The van der Waals surface area contributed by atoms with Gasteiger partial charge in [0.05, 0.1) is 5.69 Å². The van der Waals surface area contributed by atoms with Gasteiger partial charge in [-0.1, -0.05) is 24.1 Å². The van der Waals surface area contributed by atoms with Crippen LogP contribution in [0.4, 0.5) is 25.4 Å². The number of carbonyl (C=O) groups is 2. The van der Waals surface area contributed by atoms with Gasteiger partial charge in [0, 0.05) is 18.3 Å². The highest BCUT2D eigenvalue weighted by Crippen LogP contribution is 2.22. The van der Waals surface area contributed by atoms with Crippen molar-refractivity contribution < 1.29 is 23.5 Å². The Morgan fingerprint density at radius 1 is 1.23 bits per heavy atom. The van der Waals surface area contributed by atoms with E-state index >= 15 is 0 Å². The van der Waals surface area contributed by atoms with Gasteiger partial charge >= 0.3 is 12.2 Å². The topological polar surface area (TPSA) is 67.9 Å². The second-order valence-corrected chi connectivity index (χ2v) is 5.00. The number of halogens is 1. The quantitative estimate of drug-likeness (QED) is 0.821. The summed E-state index contributed by atoms with van der Waals surface area (Å²) in [6.45, 7) is 1.76. The minimum atomic E-state index is -0.746. The minimum absolute atomic E-state index is 0.118. The molecular formula is C19H17FN2O4. The van der Waals surface area contributed by atoms with Crippen LogP contribution in [0.1, 0.15) is 6.92 Å². The van der Waals surface area contributed by atoms with Gasteiger partial charge in [0.15, 0.2) is 6.61 Å². The summed E-state index contributed by atoms with van der Waals surface area (Å²) in [5, 5.41) is 2.45. The van der Waals surface area contributed by atoms with E-state index in [1.807, 2.05) is 0 Å². The molecule has 0 bridgehead atoms. The zero-order valence-corrected chi connectivity index (χ0v) is 14.1. The van der Waals surface area contributed by atoms with E-state index in [0.717, 1.165) is 4.90 Å². The molecule has 0 aliphatic rings. The average molecular weight is 356 g/mol. The number of carbonyl (C=O) groups excluding carboxylic acids is 2. The molecule has 2 amide bonds. The first kappa shape index (κ1) is 18.8. The Balaban J connectivity index is 2.09. The predicted molar refractivity (Wildman–Crippen MR) is 95.7 cm³/mol. The van der Waals surface area contributed by atoms with E-state index in [-0.39, 0.29) is 24.6 Å². The second kappa shape index (κ2) is 9.08. The van der Waals surface area contributed by atoms with Crippen LogP contribution in [-0.4, -0.2) is 25.3 Å². The molecule has 2 aromatic rings. The third-order valence-electron chi connectivity index (χ3n) is 3.25. The molecule has 0 heterocycles. The molecule has 26 heavy (non-hydrogen) atoms.